The first-order valence-electron chi connectivity index (χ1n) is 7.34. The van der Waals surface area contributed by atoms with Gasteiger partial charge in [-0.05, 0) is 35.7 Å². The minimum absolute atomic E-state index is 0.181. The Morgan fingerprint density at radius 2 is 2.09 bits per heavy atom. The molecule has 0 unspecified atom stereocenters. The molecule has 0 aliphatic carbocycles. The van der Waals surface area contributed by atoms with Crippen molar-refractivity contribution in [3.05, 3.63) is 53.5 Å². The highest BCUT2D eigenvalue weighted by Gasteiger charge is 2.12. The van der Waals surface area contributed by atoms with Crippen LogP contribution in [0.4, 0.5) is 11.4 Å². The third-order valence-corrected chi connectivity index (χ3v) is 3.45. The summed E-state index contributed by atoms with van der Waals surface area (Å²) >= 11 is 0. The average molecular weight is 309 g/mol. The highest BCUT2D eigenvalue weighted by molar-refractivity contribution is 5.89. The second-order valence-electron chi connectivity index (χ2n) is 5.82. The van der Waals surface area contributed by atoms with Crippen LogP contribution in [0.3, 0.4) is 0 Å². The zero-order valence-electron chi connectivity index (χ0n) is 13.4. The van der Waals surface area contributed by atoms with E-state index in [9.17, 15) is 4.79 Å². The smallest absolute Gasteiger partial charge is 0.335 e. The molecule has 0 radical (unpaired) electrons. The molecule has 0 fully saturated rings. The van der Waals surface area contributed by atoms with Crippen LogP contribution in [-0.4, -0.2) is 29.7 Å². The molecule has 1 aromatic carbocycles. The predicted molar refractivity (Wildman–Crippen MR) is 91.0 cm³/mol. The molecule has 0 aliphatic rings. The van der Waals surface area contributed by atoms with Gasteiger partial charge in [-0.25, -0.2) is 9.64 Å². The van der Waals surface area contributed by atoms with Crippen molar-refractivity contribution in [1.82, 2.24) is 4.98 Å². The van der Waals surface area contributed by atoms with Gasteiger partial charge in [0.05, 0.1) is 17.8 Å². The van der Waals surface area contributed by atoms with Gasteiger partial charge in [0, 0.05) is 25.5 Å². The quantitative estimate of drug-likeness (QED) is 0.845. The fourth-order valence-corrected chi connectivity index (χ4v) is 2.46. The van der Waals surface area contributed by atoms with Gasteiger partial charge in [0.2, 0.25) is 5.69 Å². The van der Waals surface area contributed by atoms with Crippen molar-refractivity contribution in [2.24, 2.45) is 5.92 Å². The first-order valence-corrected chi connectivity index (χ1v) is 7.34. The molecule has 118 valence electrons. The van der Waals surface area contributed by atoms with Gasteiger partial charge < -0.3 is 10.0 Å². The van der Waals surface area contributed by atoms with Gasteiger partial charge in [-0.3, -0.25) is 4.98 Å². The van der Waals surface area contributed by atoms with E-state index < -0.39 is 5.97 Å². The molecule has 0 aliphatic heterocycles. The molecule has 0 saturated carbocycles. The summed E-state index contributed by atoms with van der Waals surface area (Å²) < 4.78 is 0. The SMILES string of the molecule is [C-]#[N+]c1cc(-c2cc(C(=O)O)ccn2)ccc1N(C)CC(C)C. The number of carboxylic acid groups (broad SMARTS) is 1. The lowest BCUT2D eigenvalue weighted by atomic mass is 10.1. The first-order chi connectivity index (χ1) is 10.9. The molecule has 5 nitrogen and oxygen atoms in total. The lowest BCUT2D eigenvalue weighted by Crippen LogP contribution is -2.22. The summed E-state index contributed by atoms with van der Waals surface area (Å²) in [6, 6.07) is 8.48. The number of aromatic carboxylic acids is 1. The summed E-state index contributed by atoms with van der Waals surface area (Å²) in [5, 5.41) is 9.07. The Bertz CT molecular complexity index is 763. The summed E-state index contributed by atoms with van der Waals surface area (Å²) in [5.41, 5.74) is 2.87. The van der Waals surface area contributed by atoms with Crippen molar-refractivity contribution >= 4 is 17.3 Å². The number of carbonyl (C=O) groups is 1. The van der Waals surface area contributed by atoms with Crippen LogP contribution in [0.15, 0.2) is 36.5 Å². The summed E-state index contributed by atoms with van der Waals surface area (Å²) in [7, 11) is 1.97. The van der Waals surface area contributed by atoms with Crippen LogP contribution in [0.5, 0.6) is 0 Å². The molecule has 1 aromatic heterocycles. The topological polar surface area (TPSA) is 57.8 Å². The van der Waals surface area contributed by atoms with Crippen molar-refractivity contribution in [2.75, 3.05) is 18.5 Å². The number of benzene rings is 1. The molecule has 0 saturated heterocycles. The maximum absolute atomic E-state index is 11.1. The number of pyridine rings is 1. The van der Waals surface area contributed by atoms with Crippen molar-refractivity contribution in [1.29, 1.82) is 0 Å². The van der Waals surface area contributed by atoms with Gasteiger partial charge in [-0.2, -0.15) is 0 Å². The molecule has 5 heteroatoms. The summed E-state index contributed by atoms with van der Waals surface area (Å²) in [5.74, 6) is -0.500. The number of hydrogen-bond acceptors (Lipinski definition) is 3. The normalized spacial score (nSPS) is 10.4. The van der Waals surface area contributed by atoms with Gasteiger partial charge >= 0.3 is 5.97 Å². The highest BCUT2D eigenvalue weighted by atomic mass is 16.4. The van der Waals surface area contributed by atoms with E-state index in [-0.39, 0.29) is 5.56 Å². The van der Waals surface area contributed by atoms with E-state index >= 15 is 0 Å². The molecule has 0 atom stereocenters. The van der Waals surface area contributed by atoms with Crippen LogP contribution in [0, 0.1) is 12.5 Å². The van der Waals surface area contributed by atoms with Crippen LogP contribution < -0.4 is 4.90 Å². The fraction of sp³-hybridized carbons (Fsp3) is 0.278. The molecule has 1 heterocycles. The van der Waals surface area contributed by atoms with Crippen LogP contribution in [0.2, 0.25) is 0 Å². The van der Waals surface area contributed by atoms with E-state index in [1.165, 1.54) is 18.3 Å². The maximum atomic E-state index is 11.1. The maximum Gasteiger partial charge on any atom is 0.335 e. The number of aromatic nitrogens is 1. The monoisotopic (exact) mass is 309 g/mol. The Balaban J connectivity index is 2.41. The number of rotatable bonds is 5. The van der Waals surface area contributed by atoms with E-state index in [0.29, 0.717) is 17.3 Å². The lowest BCUT2D eigenvalue weighted by molar-refractivity contribution is 0.0697. The van der Waals surface area contributed by atoms with Gasteiger partial charge in [0.25, 0.3) is 0 Å². The van der Waals surface area contributed by atoms with Crippen LogP contribution in [0.1, 0.15) is 24.2 Å². The Morgan fingerprint density at radius 1 is 1.35 bits per heavy atom. The zero-order chi connectivity index (χ0) is 17.0. The van der Waals surface area contributed by atoms with Gasteiger partial charge in [-0.1, -0.05) is 19.9 Å². The van der Waals surface area contributed by atoms with Crippen molar-refractivity contribution < 1.29 is 9.90 Å². The average Bonchev–Trinajstić information content (AvgIpc) is 2.53. The lowest BCUT2D eigenvalue weighted by Gasteiger charge is -2.23. The molecule has 2 aromatic rings. The zero-order valence-corrected chi connectivity index (χ0v) is 13.4. The van der Waals surface area contributed by atoms with Crippen LogP contribution >= 0.6 is 0 Å². The molecule has 23 heavy (non-hydrogen) atoms. The standard InChI is InChI=1S/C18H19N3O2/c1-12(2)11-21(4)17-6-5-13(9-16(17)19-3)15-10-14(18(22)23)7-8-20-15/h5-10,12H,11H2,1-2,4H3,(H,22,23). The molecule has 0 amide bonds. The Hall–Kier alpha value is -2.87. The molecule has 1 N–H and O–H groups in total. The van der Waals surface area contributed by atoms with Gasteiger partial charge in [-0.15, -0.1) is 0 Å². The Morgan fingerprint density at radius 3 is 2.70 bits per heavy atom. The second kappa shape index (κ2) is 6.93. The first kappa shape index (κ1) is 16.5. The number of carboxylic acids is 1. The predicted octanol–water partition coefficient (Wildman–Crippen LogP) is 4.09. The van der Waals surface area contributed by atoms with E-state index in [4.69, 9.17) is 11.7 Å². The third-order valence-electron chi connectivity index (χ3n) is 3.45. The summed E-state index contributed by atoms with van der Waals surface area (Å²) in [4.78, 5) is 20.9. The number of nitrogens with zero attached hydrogens (tertiary/aromatic N) is 3. The Labute approximate surface area is 136 Å². The fourth-order valence-electron chi connectivity index (χ4n) is 2.46. The minimum atomic E-state index is -0.993. The number of anilines is 1. The van der Waals surface area contributed by atoms with Gasteiger partial charge in [0.1, 0.15) is 0 Å². The Kier molecular flexibility index (Phi) is 4.97. The minimum Gasteiger partial charge on any atom is -0.478 e. The number of hydrogen-bond donors (Lipinski definition) is 1. The second-order valence-corrected chi connectivity index (χ2v) is 5.82. The summed E-state index contributed by atoms with van der Waals surface area (Å²) in [6.45, 7) is 12.5. The largest absolute Gasteiger partial charge is 0.478 e. The molecular weight excluding hydrogens is 290 g/mol. The van der Waals surface area contributed by atoms with Crippen LogP contribution in [0.25, 0.3) is 16.1 Å². The van der Waals surface area contributed by atoms with E-state index in [0.717, 1.165) is 17.8 Å². The molecular formula is C18H19N3O2. The third kappa shape index (κ3) is 3.86. The van der Waals surface area contributed by atoms with Crippen molar-refractivity contribution in [3.8, 4) is 11.3 Å². The molecule has 0 bridgehead atoms. The molecule has 2 rings (SSSR count). The van der Waals surface area contributed by atoms with E-state index in [1.54, 1.807) is 6.07 Å². The van der Waals surface area contributed by atoms with Crippen molar-refractivity contribution in [3.63, 3.8) is 0 Å². The van der Waals surface area contributed by atoms with Gasteiger partial charge in [0.15, 0.2) is 0 Å². The van der Waals surface area contributed by atoms with E-state index in [1.807, 2.05) is 19.2 Å². The highest BCUT2D eigenvalue weighted by Crippen LogP contribution is 2.33. The van der Waals surface area contributed by atoms with Crippen LogP contribution in [-0.2, 0) is 0 Å². The van der Waals surface area contributed by atoms with Crippen molar-refractivity contribution in [2.45, 2.75) is 13.8 Å². The molecule has 0 spiro atoms. The summed E-state index contributed by atoms with van der Waals surface area (Å²) in [6.07, 6.45) is 1.47. The van der Waals surface area contributed by atoms with E-state index in [2.05, 4.69) is 28.6 Å².